The zero-order chi connectivity index (χ0) is 14.0. The van der Waals surface area contributed by atoms with Crippen molar-refractivity contribution < 1.29 is 19.5 Å². The van der Waals surface area contributed by atoms with Crippen molar-refractivity contribution in [1.29, 1.82) is 0 Å². The maximum absolute atomic E-state index is 11.4. The molecule has 1 aromatic heterocycles. The SMILES string of the molecule is Nc1cccnc1OC(=S)N(O)N1C(=O)CCC1=O. The second-order valence-corrected chi connectivity index (χ2v) is 4.00. The lowest BCUT2D eigenvalue weighted by molar-refractivity contribution is -0.198. The van der Waals surface area contributed by atoms with Crippen LogP contribution in [0, 0.1) is 0 Å². The van der Waals surface area contributed by atoms with Crippen molar-refractivity contribution in [2.75, 3.05) is 5.73 Å². The van der Waals surface area contributed by atoms with E-state index in [2.05, 4.69) is 4.98 Å². The summed E-state index contributed by atoms with van der Waals surface area (Å²) in [4.78, 5) is 26.6. The van der Waals surface area contributed by atoms with Gasteiger partial charge < -0.3 is 10.5 Å². The molecule has 1 saturated heterocycles. The molecular formula is C10H10N4O4S. The molecule has 0 unspecified atom stereocenters. The van der Waals surface area contributed by atoms with Gasteiger partial charge in [-0.1, -0.05) is 0 Å². The topological polar surface area (TPSA) is 109 Å². The Bertz CT molecular complexity index is 534. The molecule has 0 saturated carbocycles. The molecule has 0 aromatic carbocycles. The molecule has 100 valence electrons. The third-order valence-electron chi connectivity index (χ3n) is 2.36. The highest BCUT2D eigenvalue weighted by atomic mass is 32.1. The first-order valence-electron chi connectivity index (χ1n) is 5.27. The largest absolute Gasteiger partial charge is 0.408 e. The number of hydroxylamine groups is 1. The van der Waals surface area contributed by atoms with Gasteiger partial charge in [-0.2, -0.15) is 5.01 Å². The van der Waals surface area contributed by atoms with Crippen LogP contribution in [-0.2, 0) is 9.59 Å². The molecule has 2 amide bonds. The number of nitrogens with two attached hydrogens (primary N) is 1. The van der Waals surface area contributed by atoms with E-state index in [1.165, 1.54) is 12.3 Å². The summed E-state index contributed by atoms with van der Waals surface area (Å²) in [5, 5.41) is 9.87. The van der Waals surface area contributed by atoms with Gasteiger partial charge in [0.2, 0.25) is 5.88 Å². The molecule has 2 heterocycles. The summed E-state index contributed by atoms with van der Waals surface area (Å²) in [5.74, 6) is -1.15. The maximum Gasteiger partial charge on any atom is 0.311 e. The number of nitrogens with zero attached hydrogens (tertiary/aromatic N) is 3. The first-order valence-corrected chi connectivity index (χ1v) is 5.68. The normalized spacial score (nSPS) is 14.7. The van der Waals surface area contributed by atoms with Crippen LogP contribution in [0.25, 0.3) is 0 Å². The van der Waals surface area contributed by atoms with E-state index >= 15 is 0 Å². The molecule has 9 heteroatoms. The molecule has 8 nitrogen and oxygen atoms in total. The Hall–Kier alpha value is -2.26. The highest BCUT2D eigenvalue weighted by molar-refractivity contribution is 7.80. The standard InChI is InChI=1S/C10H10N4O4S/c11-6-2-1-5-12-9(6)18-10(19)14(17)13-7(15)3-4-8(13)16/h1-2,5,17H,3-4,11H2. The summed E-state index contributed by atoms with van der Waals surface area (Å²) < 4.78 is 5.04. The minimum absolute atomic E-state index is 0.0181. The van der Waals surface area contributed by atoms with Gasteiger partial charge in [0.1, 0.15) is 0 Å². The summed E-state index contributed by atoms with van der Waals surface area (Å²) in [6, 6.07) is 3.12. The molecule has 1 aliphatic rings. The second kappa shape index (κ2) is 5.16. The van der Waals surface area contributed by atoms with Crippen LogP contribution in [0.15, 0.2) is 18.3 Å². The van der Waals surface area contributed by atoms with E-state index in [4.69, 9.17) is 22.7 Å². The van der Waals surface area contributed by atoms with Crippen LogP contribution in [0.1, 0.15) is 12.8 Å². The van der Waals surface area contributed by atoms with Crippen molar-refractivity contribution in [3.8, 4) is 5.88 Å². The van der Waals surface area contributed by atoms with E-state index in [1.54, 1.807) is 6.07 Å². The Kier molecular flexibility index (Phi) is 3.58. The highest BCUT2D eigenvalue weighted by Crippen LogP contribution is 2.19. The van der Waals surface area contributed by atoms with E-state index in [-0.39, 0.29) is 29.6 Å². The molecule has 2 rings (SSSR count). The third kappa shape index (κ3) is 2.61. The number of hydrogen-bond acceptors (Lipinski definition) is 7. The molecule has 0 radical (unpaired) electrons. The fraction of sp³-hybridized carbons (Fsp3) is 0.200. The van der Waals surface area contributed by atoms with Crippen molar-refractivity contribution >= 4 is 34.9 Å². The Morgan fingerprint density at radius 3 is 2.68 bits per heavy atom. The lowest BCUT2D eigenvalue weighted by atomic mass is 10.4. The average molecular weight is 282 g/mol. The molecule has 0 aliphatic carbocycles. The first-order chi connectivity index (χ1) is 9.00. The van der Waals surface area contributed by atoms with Gasteiger partial charge in [0.05, 0.1) is 5.69 Å². The highest BCUT2D eigenvalue weighted by Gasteiger charge is 2.36. The Morgan fingerprint density at radius 1 is 1.47 bits per heavy atom. The van der Waals surface area contributed by atoms with Gasteiger partial charge in [0, 0.05) is 19.0 Å². The fourth-order valence-electron chi connectivity index (χ4n) is 1.47. The van der Waals surface area contributed by atoms with Crippen LogP contribution in [0.4, 0.5) is 5.69 Å². The number of anilines is 1. The first kappa shape index (κ1) is 13.2. The Balaban J connectivity index is 2.10. The maximum atomic E-state index is 11.4. The van der Waals surface area contributed by atoms with Crippen molar-refractivity contribution in [1.82, 2.24) is 15.2 Å². The summed E-state index contributed by atoms with van der Waals surface area (Å²) in [7, 11) is 0. The van der Waals surface area contributed by atoms with Gasteiger partial charge >= 0.3 is 5.17 Å². The number of pyridine rings is 1. The minimum Gasteiger partial charge on any atom is -0.408 e. The number of carbonyl (C=O) groups excluding carboxylic acids is 2. The summed E-state index contributed by atoms with van der Waals surface area (Å²) >= 11 is 4.77. The van der Waals surface area contributed by atoms with E-state index in [1.807, 2.05) is 0 Å². The summed E-state index contributed by atoms with van der Waals surface area (Å²) in [6.45, 7) is 0. The quantitative estimate of drug-likeness (QED) is 0.446. The molecule has 3 N–H and O–H groups in total. The zero-order valence-corrected chi connectivity index (χ0v) is 10.5. The fourth-order valence-corrected chi connectivity index (χ4v) is 1.63. The monoisotopic (exact) mass is 282 g/mol. The number of aromatic nitrogens is 1. The van der Waals surface area contributed by atoms with Gasteiger partial charge in [0.25, 0.3) is 11.8 Å². The van der Waals surface area contributed by atoms with Crippen molar-refractivity contribution in [3.05, 3.63) is 18.3 Å². The Morgan fingerprint density at radius 2 is 2.11 bits per heavy atom. The van der Waals surface area contributed by atoms with Crippen LogP contribution in [0.3, 0.4) is 0 Å². The van der Waals surface area contributed by atoms with Gasteiger partial charge in [-0.25, -0.2) is 4.98 Å². The number of nitrogen functional groups attached to an aromatic ring is 1. The molecule has 0 spiro atoms. The smallest absolute Gasteiger partial charge is 0.311 e. The predicted molar refractivity (Wildman–Crippen MR) is 66.6 cm³/mol. The van der Waals surface area contributed by atoms with Gasteiger partial charge in [-0.3, -0.25) is 14.8 Å². The number of ether oxygens (including phenoxy) is 1. The lowest BCUT2D eigenvalue weighted by Gasteiger charge is -2.24. The predicted octanol–water partition coefficient (Wildman–Crippen LogP) is 0.0827. The second-order valence-electron chi connectivity index (χ2n) is 3.65. The van der Waals surface area contributed by atoms with Gasteiger partial charge in [0.15, 0.2) is 0 Å². The molecule has 0 bridgehead atoms. The van der Waals surface area contributed by atoms with E-state index < -0.39 is 17.0 Å². The van der Waals surface area contributed by atoms with Crippen LogP contribution in [0.2, 0.25) is 0 Å². The van der Waals surface area contributed by atoms with Gasteiger partial charge in [-0.05, 0) is 24.4 Å². The van der Waals surface area contributed by atoms with E-state index in [9.17, 15) is 14.8 Å². The van der Waals surface area contributed by atoms with Crippen molar-refractivity contribution in [2.45, 2.75) is 12.8 Å². The van der Waals surface area contributed by atoms with Crippen molar-refractivity contribution in [3.63, 3.8) is 0 Å². The number of amides is 2. The molecule has 1 aliphatic heterocycles. The summed E-state index contributed by atoms with van der Waals surface area (Å²) in [6.07, 6.45) is 1.46. The minimum atomic E-state index is -0.563. The van der Waals surface area contributed by atoms with Crippen LogP contribution >= 0.6 is 12.2 Å². The number of imide groups is 1. The van der Waals surface area contributed by atoms with Crippen LogP contribution in [0.5, 0.6) is 5.88 Å². The lowest BCUT2D eigenvalue weighted by Crippen LogP contribution is -2.48. The van der Waals surface area contributed by atoms with E-state index in [0.29, 0.717) is 5.01 Å². The number of carbonyl (C=O) groups is 2. The number of hydrazine groups is 1. The Labute approximate surface area is 113 Å². The average Bonchev–Trinajstić information content (AvgIpc) is 2.71. The number of thiocarbonyl (C=S) groups is 1. The molecule has 19 heavy (non-hydrogen) atoms. The van der Waals surface area contributed by atoms with Gasteiger partial charge in [-0.15, -0.1) is 5.17 Å². The molecule has 1 fully saturated rings. The third-order valence-corrected chi connectivity index (χ3v) is 2.61. The molecular weight excluding hydrogens is 272 g/mol. The number of hydrogen-bond donors (Lipinski definition) is 2. The molecule has 1 aromatic rings. The molecule has 0 atom stereocenters. The number of rotatable bonds is 2. The van der Waals surface area contributed by atoms with E-state index in [0.717, 1.165) is 0 Å². The van der Waals surface area contributed by atoms with Crippen LogP contribution in [-0.4, -0.2) is 37.4 Å². The van der Waals surface area contributed by atoms with Crippen LogP contribution < -0.4 is 10.5 Å². The summed E-state index contributed by atoms with van der Waals surface area (Å²) in [5.41, 5.74) is 5.79. The van der Waals surface area contributed by atoms with Crippen molar-refractivity contribution in [2.24, 2.45) is 0 Å². The zero-order valence-electron chi connectivity index (χ0n) is 9.65.